The molecular formula is C20H18F3N3O2. The standard InChI is InChI=1S/C20H18F3N3O2/c1-11-4-5-14(18(27)24-3)9-17(11)13-6-7-16-15(8-13)10-25-26-19(16)28-12(2)20(21,22)23/h4-10,12H,1-3H3,(H,24,27)/t12-/m0/s1. The number of fused-ring (bicyclic) bond motifs is 1. The first-order chi connectivity index (χ1) is 13.2. The fourth-order valence-corrected chi connectivity index (χ4v) is 2.77. The van der Waals surface area contributed by atoms with Gasteiger partial charge in [0.1, 0.15) is 0 Å². The summed E-state index contributed by atoms with van der Waals surface area (Å²) in [5.74, 6) is -0.380. The van der Waals surface area contributed by atoms with Crippen molar-refractivity contribution in [2.45, 2.75) is 26.1 Å². The molecule has 28 heavy (non-hydrogen) atoms. The third-order valence-electron chi connectivity index (χ3n) is 4.41. The number of nitrogens with one attached hydrogen (secondary N) is 1. The van der Waals surface area contributed by atoms with Crippen LogP contribution in [0.5, 0.6) is 5.88 Å². The Kier molecular flexibility index (Phi) is 5.22. The number of ether oxygens (including phenoxy) is 1. The second-order valence-electron chi connectivity index (χ2n) is 6.36. The van der Waals surface area contributed by atoms with E-state index >= 15 is 0 Å². The van der Waals surface area contributed by atoms with Crippen molar-refractivity contribution in [1.29, 1.82) is 0 Å². The fraction of sp³-hybridized carbons (Fsp3) is 0.250. The van der Waals surface area contributed by atoms with Gasteiger partial charge < -0.3 is 10.1 Å². The molecule has 8 heteroatoms. The number of hydrogen-bond acceptors (Lipinski definition) is 4. The van der Waals surface area contributed by atoms with Crippen LogP contribution in [0.4, 0.5) is 13.2 Å². The van der Waals surface area contributed by atoms with Gasteiger partial charge in [-0.2, -0.15) is 18.3 Å². The molecule has 0 aliphatic rings. The number of halogens is 3. The second kappa shape index (κ2) is 7.46. The number of nitrogens with zero attached hydrogens (tertiary/aromatic N) is 2. The lowest BCUT2D eigenvalue weighted by Crippen LogP contribution is -2.31. The average molecular weight is 389 g/mol. The quantitative estimate of drug-likeness (QED) is 0.723. The first kappa shape index (κ1) is 19.6. The topological polar surface area (TPSA) is 64.1 Å². The Hall–Kier alpha value is -3.16. The minimum absolute atomic E-state index is 0.176. The van der Waals surface area contributed by atoms with Crippen molar-refractivity contribution in [3.63, 3.8) is 0 Å². The zero-order valence-corrected chi connectivity index (χ0v) is 15.5. The van der Waals surface area contributed by atoms with E-state index in [2.05, 4.69) is 15.5 Å². The van der Waals surface area contributed by atoms with E-state index in [4.69, 9.17) is 4.74 Å². The van der Waals surface area contributed by atoms with Crippen LogP contribution in [-0.2, 0) is 0 Å². The third-order valence-corrected chi connectivity index (χ3v) is 4.41. The monoisotopic (exact) mass is 389 g/mol. The van der Waals surface area contributed by atoms with Gasteiger partial charge in [0, 0.05) is 23.4 Å². The minimum atomic E-state index is -4.50. The lowest BCUT2D eigenvalue weighted by Gasteiger charge is -2.17. The Morgan fingerprint density at radius 3 is 2.61 bits per heavy atom. The smallest absolute Gasteiger partial charge is 0.425 e. The summed E-state index contributed by atoms with van der Waals surface area (Å²) in [7, 11) is 1.56. The van der Waals surface area contributed by atoms with Crippen LogP contribution in [0.2, 0.25) is 0 Å². The number of carbonyl (C=O) groups excluding carboxylic acids is 1. The molecule has 1 aromatic heterocycles. The highest BCUT2D eigenvalue weighted by Crippen LogP contribution is 2.32. The SMILES string of the molecule is CNC(=O)c1ccc(C)c(-c2ccc3c(O[C@@H](C)C(F)(F)F)nncc3c2)c1. The maximum Gasteiger partial charge on any atom is 0.425 e. The molecule has 0 unspecified atom stereocenters. The lowest BCUT2D eigenvalue weighted by molar-refractivity contribution is -0.189. The number of amides is 1. The Balaban J connectivity index is 2.04. The van der Waals surface area contributed by atoms with E-state index in [1.54, 1.807) is 37.4 Å². The van der Waals surface area contributed by atoms with Gasteiger partial charge in [0.2, 0.25) is 5.88 Å². The van der Waals surface area contributed by atoms with Crippen molar-refractivity contribution in [2.75, 3.05) is 7.05 Å². The molecule has 1 atom stereocenters. The first-order valence-electron chi connectivity index (χ1n) is 8.52. The molecule has 0 saturated carbocycles. The summed E-state index contributed by atoms with van der Waals surface area (Å²) in [6.45, 7) is 2.83. The van der Waals surface area contributed by atoms with E-state index in [1.165, 1.54) is 6.20 Å². The van der Waals surface area contributed by atoms with Crippen molar-refractivity contribution in [2.24, 2.45) is 0 Å². The summed E-state index contributed by atoms with van der Waals surface area (Å²) in [6, 6.07) is 10.5. The summed E-state index contributed by atoms with van der Waals surface area (Å²) >= 11 is 0. The lowest BCUT2D eigenvalue weighted by atomic mass is 9.96. The van der Waals surface area contributed by atoms with E-state index in [0.717, 1.165) is 23.6 Å². The second-order valence-corrected chi connectivity index (χ2v) is 6.36. The van der Waals surface area contributed by atoms with Crippen LogP contribution >= 0.6 is 0 Å². The number of aromatic nitrogens is 2. The Morgan fingerprint density at radius 1 is 1.18 bits per heavy atom. The number of alkyl halides is 3. The van der Waals surface area contributed by atoms with E-state index in [9.17, 15) is 18.0 Å². The highest BCUT2D eigenvalue weighted by Gasteiger charge is 2.38. The predicted octanol–water partition coefficient (Wildman–Crippen LogP) is 4.29. The van der Waals surface area contributed by atoms with E-state index in [-0.39, 0.29) is 11.8 Å². The molecule has 0 aliphatic heterocycles. The van der Waals surface area contributed by atoms with Crippen LogP contribution in [0.25, 0.3) is 21.9 Å². The largest absolute Gasteiger partial charge is 0.463 e. The highest BCUT2D eigenvalue weighted by atomic mass is 19.4. The van der Waals surface area contributed by atoms with Crippen molar-refractivity contribution < 1.29 is 22.7 Å². The van der Waals surface area contributed by atoms with Crippen LogP contribution in [0.15, 0.2) is 42.6 Å². The van der Waals surface area contributed by atoms with Gasteiger partial charge in [0.25, 0.3) is 5.91 Å². The molecule has 0 spiro atoms. The van der Waals surface area contributed by atoms with Gasteiger partial charge in [0.05, 0.1) is 6.20 Å². The van der Waals surface area contributed by atoms with E-state index in [0.29, 0.717) is 16.3 Å². The molecule has 146 valence electrons. The molecule has 0 saturated heterocycles. The van der Waals surface area contributed by atoms with Gasteiger partial charge in [-0.1, -0.05) is 12.1 Å². The normalized spacial score (nSPS) is 12.6. The van der Waals surface area contributed by atoms with E-state index < -0.39 is 12.3 Å². The zero-order chi connectivity index (χ0) is 20.5. The van der Waals surface area contributed by atoms with Crippen LogP contribution in [0.3, 0.4) is 0 Å². The number of aryl methyl sites for hydroxylation is 1. The molecule has 1 N–H and O–H groups in total. The molecule has 1 heterocycles. The summed E-state index contributed by atoms with van der Waals surface area (Å²) in [5.41, 5.74) is 3.11. The first-order valence-corrected chi connectivity index (χ1v) is 8.52. The summed E-state index contributed by atoms with van der Waals surface area (Å²) in [5, 5.41) is 11.1. The van der Waals surface area contributed by atoms with Crippen molar-refractivity contribution in [1.82, 2.24) is 15.5 Å². The van der Waals surface area contributed by atoms with Crippen LogP contribution in [0, 0.1) is 6.92 Å². The maximum absolute atomic E-state index is 12.8. The Morgan fingerprint density at radius 2 is 1.93 bits per heavy atom. The zero-order valence-electron chi connectivity index (χ0n) is 15.5. The summed E-state index contributed by atoms with van der Waals surface area (Å²) < 4.78 is 43.3. The van der Waals surface area contributed by atoms with E-state index in [1.807, 2.05) is 13.0 Å². The maximum atomic E-state index is 12.8. The molecule has 1 amide bonds. The van der Waals surface area contributed by atoms with Crippen LogP contribution < -0.4 is 10.1 Å². The van der Waals surface area contributed by atoms with Gasteiger partial charge in [-0.3, -0.25) is 4.79 Å². The summed E-state index contributed by atoms with van der Waals surface area (Å²) in [4.78, 5) is 11.9. The molecule has 0 radical (unpaired) electrons. The average Bonchev–Trinajstić information content (AvgIpc) is 2.66. The van der Waals surface area contributed by atoms with Gasteiger partial charge in [-0.05, 0) is 54.8 Å². The van der Waals surface area contributed by atoms with Crippen molar-refractivity contribution in [3.8, 4) is 17.0 Å². The van der Waals surface area contributed by atoms with Gasteiger partial charge in [-0.25, -0.2) is 0 Å². The highest BCUT2D eigenvalue weighted by molar-refractivity contribution is 5.96. The van der Waals surface area contributed by atoms with Crippen LogP contribution in [0.1, 0.15) is 22.8 Å². The van der Waals surface area contributed by atoms with Gasteiger partial charge in [0.15, 0.2) is 6.10 Å². The van der Waals surface area contributed by atoms with Gasteiger partial charge in [-0.15, -0.1) is 5.10 Å². The number of benzene rings is 2. The fourth-order valence-electron chi connectivity index (χ4n) is 2.77. The molecule has 5 nitrogen and oxygen atoms in total. The Labute approximate surface area is 159 Å². The molecule has 3 rings (SSSR count). The number of hydrogen-bond donors (Lipinski definition) is 1. The molecule has 0 aliphatic carbocycles. The molecule has 2 aromatic carbocycles. The molecule has 0 bridgehead atoms. The minimum Gasteiger partial charge on any atom is -0.463 e. The molecule has 0 fully saturated rings. The van der Waals surface area contributed by atoms with Crippen molar-refractivity contribution >= 4 is 16.7 Å². The number of carbonyl (C=O) groups is 1. The third kappa shape index (κ3) is 3.90. The van der Waals surface area contributed by atoms with Gasteiger partial charge >= 0.3 is 6.18 Å². The van der Waals surface area contributed by atoms with Crippen molar-refractivity contribution in [3.05, 3.63) is 53.7 Å². The summed E-state index contributed by atoms with van der Waals surface area (Å²) in [6.07, 6.45) is -5.04. The molecular weight excluding hydrogens is 371 g/mol. The molecule has 3 aromatic rings. The predicted molar refractivity (Wildman–Crippen MR) is 99.2 cm³/mol. The number of rotatable bonds is 4. The Bertz CT molecular complexity index is 1030. The van der Waals surface area contributed by atoms with Crippen LogP contribution in [-0.4, -0.2) is 35.4 Å².